The fourth-order valence-electron chi connectivity index (χ4n) is 5.29. The van der Waals surface area contributed by atoms with Gasteiger partial charge in [-0.05, 0) is 45.4 Å². The third kappa shape index (κ3) is 13.0. The van der Waals surface area contributed by atoms with Gasteiger partial charge in [-0.1, -0.05) is 50.7 Å². The molecule has 13 heteroatoms. The lowest BCUT2D eigenvalue weighted by atomic mass is 9.97. The van der Waals surface area contributed by atoms with Crippen molar-refractivity contribution < 1.29 is 64.6 Å². The van der Waals surface area contributed by atoms with Gasteiger partial charge < -0.3 is 59.8 Å². The van der Waals surface area contributed by atoms with Crippen LogP contribution in [-0.2, 0) is 23.7 Å². The smallest absolute Gasteiger partial charge is 0.303 e. The number of unbranched alkanes of at least 4 members (excludes halogenated alkanes) is 9. The van der Waals surface area contributed by atoms with Crippen LogP contribution in [0.15, 0.2) is 12.2 Å². The number of allylic oxidation sites excluding steroid dienone is 2. The SMILES string of the molecule is CC(CCCCCC/C=C/CCCCCCCC(=O)O)O[C@@H]1OC(CO)[C@@H](O)[C@H](O)C1O[C@@H]1OC(CO)[C@@H](O)[C@H](O)C1O. The molecule has 0 aromatic heterocycles. The highest BCUT2D eigenvalue weighted by molar-refractivity contribution is 5.66. The van der Waals surface area contributed by atoms with Gasteiger partial charge >= 0.3 is 5.97 Å². The first-order chi connectivity index (χ1) is 20.6. The largest absolute Gasteiger partial charge is 0.481 e. The third-order valence-corrected chi connectivity index (χ3v) is 7.99. The summed E-state index contributed by atoms with van der Waals surface area (Å²) in [6.07, 6.45) is 1.48. The standard InChI is InChI=1S/C30H54O13/c1-19(15-13-11-9-7-5-3-2-4-6-8-10-12-14-16-22(33)34)40-30-28(26(38)24(36)21(18-32)42-30)43-29-27(39)25(37)23(35)20(17-31)41-29/h2-3,19-21,23-32,35-39H,4-18H2,1H3,(H,33,34)/b3-2+/t19?,20?,21?,23-,24-,25+,26+,27?,28?,29+,30-/m1/s1. The first-order valence-corrected chi connectivity index (χ1v) is 15.7. The molecule has 2 fully saturated rings. The number of hydrogen-bond acceptors (Lipinski definition) is 12. The van der Waals surface area contributed by atoms with Gasteiger partial charge in [0.2, 0.25) is 0 Å². The molecule has 43 heavy (non-hydrogen) atoms. The zero-order chi connectivity index (χ0) is 31.8. The van der Waals surface area contributed by atoms with Gasteiger partial charge in [-0.2, -0.15) is 0 Å². The average Bonchev–Trinajstić information content (AvgIpc) is 2.98. The Morgan fingerprint density at radius 2 is 1.21 bits per heavy atom. The molecule has 0 saturated carbocycles. The molecular formula is C30H54O13. The topological polar surface area (TPSA) is 216 Å². The summed E-state index contributed by atoms with van der Waals surface area (Å²) in [5.74, 6) is -0.727. The van der Waals surface area contributed by atoms with E-state index in [4.69, 9.17) is 24.1 Å². The van der Waals surface area contributed by atoms with Crippen LogP contribution in [-0.4, -0.2) is 128 Å². The van der Waals surface area contributed by atoms with Gasteiger partial charge in [-0.15, -0.1) is 0 Å². The molecule has 2 heterocycles. The van der Waals surface area contributed by atoms with Crippen LogP contribution in [0.5, 0.6) is 0 Å². The van der Waals surface area contributed by atoms with Gasteiger partial charge in [0.1, 0.15) is 48.8 Å². The van der Waals surface area contributed by atoms with Gasteiger partial charge in [0, 0.05) is 6.42 Å². The van der Waals surface area contributed by atoms with Gasteiger partial charge in [0.05, 0.1) is 19.3 Å². The molecule has 0 amide bonds. The minimum Gasteiger partial charge on any atom is -0.481 e. The predicted molar refractivity (Wildman–Crippen MR) is 154 cm³/mol. The van der Waals surface area contributed by atoms with E-state index < -0.39 is 80.6 Å². The Bertz CT molecular complexity index is 781. The van der Waals surface area contributed by atoms with Gasteiger partial charge in [-0.25, -0.2) is 0 Å². The molecule has 2 rings (SSSR count). The van der Waals surface area contributed by atoms with Crippen molar-refractivity contribution in [1.29, 1.82) is 0 Å². The molecule has 252 valence electrons. The van der Waals surface area contributed by atoms with E-state index in [0.29, 0.717) is 6.42 Å². The Balaban J connectivity index is 1.71. The van der Waals surface area contributed by atoms with E-state index in [9.17, 15) is 40.5 Å². The molecule has 11 atom stereocenters. The van der Waals surface area contributed by atoms with E-state index in [-0.39, 0.29) is 12.5 Å². The molecule has 0 radical (unpaired) electrons. The Morgan fingerprint density at radius 3 is 1.79 bits per heavy atom. The quantitative estimate of drug-likeness (QED) is 0.0655. The highest BCUT2D eigenvalue weighted by Crippen LogP contribution is 2.30. The fraction of sp³-hybridized carbons (Fsp3) is 0.900. The maximum atomic E-state index is 10.7. The highest BCUT2D eigenvalue weighted by atomic mass is 16.8. The summed E-state index contributed by atoms with van der Waals surface area (Å²) < 4.78 is 22.7. The van der Waals surface area contributed by atoms with Crippen molar-refractivity contribution in [2.45, 2.75) is 158 Å². The second-order valence-electron chi connectivity index (χ2n) is 11.6. The van der Waals surface area contributed by atoms with Crippen LogP contribution in [0, 0.1) is 0 Å². The van der Waals surface area contributed by atoms with Gasteiger partial charge in [0.25, 0.3) is 0 Å². The molecule has 2 saturated heterocycles. The monoisotopic (exact) mass is 622 g/mol. The van der Waals surface area contributed by atoms with Crippen LogP contribution in [0.25, 0.3) is 0 Å². The number of aliphatic carboxylic acids is 1. The van der Waals surface area contributed by atoms with Crippen LogP contribution in [0.1, 0.15) is 90.4 Å². The van der Waals surface area contributed by atoms with Crippen LogP contribution in [0.4, 0.5) is 0 Å². The summed E-state index contributed by atoms with van der Waals surface area (Å²) in [6, 6.07) is 0. The predicted octanol–water partition coefficient (Wildman–Crippen LogP) is 0.728. The van der Waals surface area contributed by atoms with Crippen LogP contribution in [0.2, 0.25) is 0 Å². The average molecular weight is 623 g/mol. The van der Waals surface area contributed by atoms with Crippen LogP contribution < -0.4 is 0 Å². The molecular weight excluding hydrogens is 568 g/mol. The Kier molecular flexibility index (Phi) is 18.3. The Labute approximate surface area is 254 Å². The van der Waals surface area contributed by atoms with E-state index in [1.54, 1.807) is 0 Å². The maximum Gasteiger partial charge on any atom is 0.303 e. The van der Waals surface area contributed by atoms with Crippen molar-refractivity contribution in [2.75, 3.05) is 13.2 Å². The number of carboxylic acid groups (broad SMARTS) is 1. The summed E-state index contributed by atoms with van der Waals surface area (Å²) in [4.78, 5) is 10.5. The molecule has 0 aliphatic carbocycles. The van der Waals surface area contributed by atoms with E-state index in [0.717, 1.165) is 70.6 Å². The summed E-state index contributed by atoms with van der Waals surface area (Å²) in [7, 11) is 0. The zero-order valence-corrected chi connectivity index (χ0v) is 25.2. The first kappa shape index (κ1) is 38.0. The lowest BCUT2D eigenvalue weighted by Crippen LogP contribution is -2.64. The Morgan fingerprint density at radius 1 is 0.698 bits per heavy atom. The molecule has 13 nitrogen and oxygen atoms in total. The van der Waals surface area contributed by atoms with E-state index in [2.05, 4.69) is 12.2 Å². The Hall–Kier alpha value is -1.23. The number of carboxylic acids is 1. The molecule has 0 spiro atoms. The van der Waals surface area contributed by atoms with E-state index in [1.807, 2.05) is 6.92 Å². The normalized spacial score (nSPS) is 34.0. The number of rotatable bonds is 21. The lowest BCUT2D eigenvalue weighted by molar-refractivity contribution is -0.371. The van der Waals surface area contributed by atoms with Crippen molar-refractivity contribution >= 4 is 5.97 Å². The molecule has 0 bridgehead atoms. The number of ether oxygens (including phenoxy) is 4. The second-order valence-corrected chi connectivity index (χ2v) is 11.6. The van der Waals surface area contributed by atoms with Crippen molar-refractivity contribution in [3.63, 3.8) is 0 Å². The second kappa shape index (κ2) is 20.7. The summed E-state index contributed by atoms with van der Waals surface area (Å²) in [6.45, 7) is 0.590. The number of hydrogen-bond donors (Lipinski definition) is 8. The minimum absolute atomic E-state index is 0.255. The lowest BCUT2D eigenvalue weighted by Gasteiger charge is -2.46. The number of aliphatic hydroxyl groups is 7. The molecule has 0 aromatic carbocycles. The summed E-state index contributed by atoms with van der Waals surface area (Å²) >= 11 is 0. The van der Waals surface area contributed by atoms with Gasteiger partial charge in [0.15, 0.2) is 12.6 Å². The number of aliphatic hydroxyl groups excluding tert-OH is 7. The molecule has 8 N–H and O–H groups in total. The number of carbonyl (C=O) groups is 1. The minimum atomic E-state index is -1.72. The molecule has 5 unspecified atom stereocenters. The van der Waals surface area contributed by atoms with E-state index in [1.165, 1.54) is 0 Å². The van der Waals surface area contributed by atoms with Gasteiger partial charge in [-0.3, -0.25) is 4.79 Å². The van der Waals surface area contributed by atoms with Crippen molar-refractivity contribution in [1.82, 2.24) is 0 Å². The molecule has 0 aromatic rings. The van der Waals surface area contributed by atoms with Crippen LogP contribution >= 0.6 is 0 Å². The third-order valence-electron chi connectivity index (χ3n) is 7.99. The van der Waals surface area contributed by atoms with Crippen molar-refractivity contribution in [2.24, 2.45) is 0 Å². The molecule has 2 aliphatic heterocycles. The highest BCUT2D eigenvalue weighted by Gasteiger charge is 2.51. The summed E-state index contributed by atoms with van der Waals surface area (Å²) in [5, 5.41) is 79.2. The fourth-order valence-corrected chi connectivity index (χ4v) is 5.29. The maximum absolute atomic E-state index is 10.7. The van der Waals surface area contributed by atoms with E-state index >= 15 is 0 Å². The molecule has 2 aliphatic rings. The summed E-state index contributed by atoms with van der Waals surface area (Å²) in [5.41, 5.74) is 0. The van der Waals surface area contributed by atoms with Crippen molar-refractivity contribution in [3.8, 4) is 0 Å². The van der Waals surface area contributed by atoms with Crippen molar-refractivity contribution in [3.05, 3.63) is 12.2 Å². The first-order valence-electron chi connectivity index (χ1n) is 15.7. The van der Waals surface area contributed by atoms with Crippen LogP contribution in [0.3, 0.4) is 0 Å². The zero-order valence-electron chi connectivity index (χ0n) is 25.2.